The van der Waals surface area contributed by atoms with E-state index in [0.29, 0.717) is 37.8 Å². The zero-order valence-corrected chi connectivity index (χ0v) is 16.7. The van der Waals surface area contributed by atoms with Gasteiger partial charge in [-0.3, -0.25) is 14.9 Å². The summed E-state index contributed by atoms with van der Waals surface area (Å²) in [4.78, 5) is 38.6. The Bertz CT molecular complexity index is 771. The molecule has 7 nitrogen and oxygen atoms in total. The number of carboxylic acid groups (broad SMARTS) is 1. The molecule has 156 valence electrons. The molecule has 0 radical (unpaired) electrons. The highest BCUT2D eigenvalue weighted by molar-refractivity contribution is 6.00. The normalized spacial score (nSPS) is 26.3. The summed E-state index contributed by atoms with van der Waals surface area (Å²) >= 11 is 0. The SMILES string of the molecule is O=C1CC[C@@H](c2ccc(N3CCC(C4CCCN(C(=O)O)C4)CC3)cc2)C(=O)N1. The number of imide groups is 1. The molecule has 3 saturated heterocycles. The summed E-state index contributed by atoms with van der Waals surface area (Å²) in [6.07, 6.45) is 4.47. The van der Waals surface area contributed by atoms with Crippen LogP contribution in [0.1, 0.15) is 50.0 Å². The summed E-state index contributed by atoms with van der Waals surface area (Å²) in [6.45, 7) is 3.31. The summed E-state index contributed by atoms with van der Waals surface area (Å²) in [5.41, 5.74) is 2.12. The zero-order chi connectivity index (χ0) is 20.4. The molecule has 0 bridgehead atoms. The van der Waals surface area contributed by atoms with Crippen molar-refractivity contribution in [3.63, 3.8) is 0 Å². The quantitative estimate of drug-likeness (QED) is 0.763. The van der Waals surface area contributed by atoms with Gasteiger partial charge in [-0.05, 0) is 61.6 Å². The van der Waals surface area contributed by atoms with Crippen molar-refractivity contribution in [3.8, 4) is 0 Å². The molecule has 2 N–H and O–H groups in total. The van der Waals surface area contributed by atoms with E-state index < -0.39 is 6.09 Å². The Kier molecular flexibility index (Phi) is 5.74. The van der Waals surface area contributed by atoms with Crippen LogP contribution in [0, 0.1) is 11.8 Å². The van der Waals surface area contributed by atoms with E-state index in [2.05, 4.69) is 22.3 Å². The largest absolute Gasteiger partial charge is 0.465 e. The molecule has 0 spiro atoms. The van der Waals surface area contributed by atoms with Crippen LogP contribution in [0.4, 0.5) is 10.5 Å². The van der Waals surface area contributed by atoms with Crippen molar-refractivity contribution in [2.45, 2.75) is 44.4 Å². The van der Waals surface area contributed by atoms with Crippen LogP contribution in [-0.2, 0) is 9.59 Å². The Morgan fingerprint density at radius 3 is 2.34 bits per heavy atom. The molecule has 3 amide bonds. The summed E-state index contributed by atoms with van der Waals surface area (Å²) in [6, 6.07) is 8.17. The zero-order valence-electron chi connectivity index (χ0n) is 16.7. The van der Waals surface area contributed by atoms with E-state index in [1.54, 1.807) is 4.90 Å². The van der Waals surface area contributed by atoms with Gasteiger partial charge in [0.05, 0.1) is 5.92 Å². The lowest BCUT2D eigenvalue weighted by atomic mass is 9.79. The van der Waals surface area contributed by atoms with Crippen LogP contribution in [0.25, 0.3) is 0 Å². The Balaban J connectivity index is 1.32. The molecule has 0 saturated carbocycles. The first-order valence-electron chi connectivity index (χ1n) is 10.7. The van der Waals surface area contributed by atoms with Crippen LogP contribution in [0.5, 0.6) is 0 Å². The number of rotatable bonds is 3. The Morgan fingerprint density at radius 2 is 1.69 bits per heavy atom. The summed E-state index contributed by atoms with van der Waals surface area (Å²) in [7, 11) is 0. The van der Waals surface area contributed by atoms with Gasteiger partial charge in [-0.1, -0.05) is 12.1 Å². The van der Waals surface area contributed by atoms with Gasteiger partial charge >= 0.3 is 6.09 Å². The fourth-order valence-electron chi connectivity index (χ4n) is 5.13. The second-order valence-corrected chi connectivity index (χ2v) is 8.55. The van der Waals surface area contributed by atoms with Gasteiger partial charge in [-0.25, -0.2) is 4.79 Å². The van der Waals surface area contributed by atoms with Gasteiger partial charge < -0.3 is 14.9 Å². The molecule has 2 atom stereocenters. The number of nitrogens with one attached hydrogen (secondary N) is 1. The fourth-order valence-corrected chi connectivity index (χ4v) is 5.13. The first kappa shape index (κ1) is 19.7. The first-order chi connectivity index (χ1) is 14.0. The average molecular weight is 399 g/mol. The number of hydrogen-bond donors (Lipinski definition) is 2. The third-order valence-corrected chi connectivity index (χ3v) is 6.83. The number of carbonyl (C=O) groups excluding carboxylic acids is 2. The van der Waals surface area contributed by atoms with Crippen molar-refractivity contribution in [1.82, 2.24) is 10.2 Å². The molecule has 0 aliphatic carbocycles. The van der Waals surface area contributed by atoms with Crippen LogP contribution in [0.3, 0.4) is 0 Å². The number of anilines is 1. The average Bonchev–Trinajstić information content (AvgIpc) is 2.74. The second-order valence-electron chi connectivity index (χ2n) is 8.55. The predicted octanol–water partition coefficient (Wildman–Crippen LogP) is 2.81. The van der Waals surface area contributed by atoms with Crippen molar-refractivity contribution in [1.29, 1.82) is 0 Å². The Labute approximate surface area is 171 Å². The van der Waals surface area contributed by atoms with Gasteiger partial charge in [-0.2, -0.15) is 0 Å². The standard InChI is InChI=1S/C22H29N3O4/c26-20-8-7-19(21(27)23-20)16-3-5-18(6-4-16)24-12-9-15(10-13-24)17-2-1-11-25(14-17)22(28)29/h3-6,15,17,19H,1-2,7-14H2,(H,28,29)(H,23,26,27)/t17?,19-/m0/s1. The molecule has 1 unspecified atom stereocenters. The van der Waals surface area contributed by atoms with Crippen molar-refractivity contribution in [2.75, 3.05) is 31.1 Å². The van der Waals surface area contributed by atoms with E-state index in [-0.39, 0.29) is 17.7 Å². The van der Waals surface area contributed by atoms with E-state index in [1.807, 2.05) is 12.1 Å². The van der Waals surface area contributed by atoms with Gasteiger partial charge in [0, 0.05) is 38.3 Å². The topological polar surface area (TPSA) is 90.0 Å². The molecule has 3 aliphatic heterocycles. The molecule has 4 rings (SSSR count). The minimum absolute atomic E-state index is 0.185. The number of hydrogen-bond acceptors (Lipinski definition) is 4. The van der Waals surface area contributed by atoms with Gasteiger partial charge in [0.1, 0.15) is 0 Å². The number of nitrogens with zero attached hydrogens (tertiary/aromatic N) is 2. The molecule has 3 heterocycles. The van der Waals surface area contributed by atoms with Crippen LogP contribution < -0.4 is 10.2 Å². The van der Waals surface area contributed by atoms with E-state index >= 15 is 0 Å². The maximum absolute atomic E-state index is 12.1. The lowest BCUT2D eigenvalue weighted by molar-refractivity contribution is -0.134. The number of carbonyl (C=O) groups is 3. The third kappa shape index (κ3) is 4.38. The summed E-state index contributed by atoms with van der Waals surface area (Å²) in [5.74, 6) is 0.455. The number of amides is 3. The molecule has 29 heavy (non-hydrogen) atoms. The first-order valence-corrected chi connectivity index (χ1v) is 10.7. The van der Waals surface area contributed by atoms with Gasteiger partial charge in [0.2, 0.25) is 11.8 Å². The minimum atomic E-state index is -0.789. The van der Waals surface area contributed by atoms with Crippen LogP contribution in [-0.4, -0.2) is 54.1 Å². The van der Waals surface area contributed by atoms with Gasteiger partial charge in [-0.15, -0.1) is 0 Å². The predicted molar refractivity (Wildman–Crippen MR) is 109 cm³/mol. The van der Waals surface area contributed by atoms with Gasteiger partial charge in [0.25, 0.3) is 0 Å². The van der Waals surface area contributed by atoms with Crippen molar-refractivity contribution in [2.24, 2.45) is 11.8 Å². The van der Waals surface area contributed by atoms with Crippen molar-refractivity contribution >= 4 is 23.6 Å². The maximum Gasteiger partial charge on any atom is 0.407 e. The number of benzene rings is 1. The highest BCUT2D eigenvalue weighted by Gasteiger charge is 2.32. The van der Waals surface area contributed by atoms with Crippen molar-refractivity contribution in [3.05, 3.63) is 29.8 Å². The smallest absolute Gasteiger partial charge is 0.407 e. The molecular weight excluding hydrogens is 370 g/mol. The second kappa shape index (κ2) is 8.43. The van der Waals surface area contributed by atoms with E-state index in [4.69, 9.17) is 0 Å². The highest BCUT2D eigenvalue weighted by Crippen LogP contribution is 2.34. The van der Waals surface area contributed by atoms with E-state index in [9.17, 15) is 19.5 Å². The van der Waals surface area contributed by atoms with Crippen LogP contribution in [0.15, 0.2) is 24.3 Å². The number of likely N-dealkylation sites (tertiary alicyclic amines) is 1. The lowest BCUT2D eigenvalue weighted by Crippen LogP contribution is -2.44. The highest BCUT2D eigenvalue weighted by atomic mass is 16.4. The van der Waals surface area contributed by atoms with E-state index in [1.165, 1.54) is 0 Å². The van der Waals surface area contributed by atoms with Crippen molar-refractivity contribution < 1.29 is 19.5 Å². The fraction of sp³-hybridized carbons (Fsp3) is 0.591. The molecule has 1 aromatic carbocycles. The molecule has 1 aromatic rings. The number of piperidine rings is 3. The third-order valence-electron chi connectivity index (χ3n) is 6.83. The summed E-state index contributed by atoms with van der Waals surface area (Å²) < 4.78 is 0. The molecular formula is C22H29N3O4. The Morgan fingerprint density at radius 1 is 0.966 bits per heavy atom. The van der Waals surface area contributed by atoms with Crippen LogP contribution in [0.2, 0.25) is 0 Å². The molecule has 3 fully saturated rings. The minimum Gasteiger partial charge on any atom is -0.465 e. The molecule has 0 aromatic heterocycles. The monoisotopic (exact) mass is 399 g/mol. The molecule has 3 aliphatic rings. The van der Waals surface area contributed by atoms with E-state index in [0.717, 1.165) is 50.0 Å². The van der Waals surface area contributed by atoms with Gasteiger partial charge in [0.15, 0.2) is 0 Å². The lowest BCUT2D eigenvalue weighted by Gasteiger charge is -2.40. The van der Waals surface area contributed by atoms with Crippen LogP contribution >= 0.6 is 0 Å². The maximum atomic E-state index is 12.1. The molecule has 7 heteroatoms. The Hall–Kier alpha value is -2.57. The summed E-state index contributed by atoms with van der Waals surface area (Å²) in [5, 5.41) is 11.7.